The highest BCUT2D eigenvalue weighted by molar-refractivity contribution is 6.16. The van der Waals surface area contributed by atoms with E-state index in [1.807, 2.05) is 6.07 Å². The Morgan fingerprint density at radius 1 is 1.50 bits per heavy atom. The van der Waals surface area contributed by atoms with Crippen LogP contribution in [0, 0.1) is 11.7 Å². The van der Waals surface area contributed by atoms with Crippen molar-refractivity contribution in [3.8, 4) is 0 Å². The highest BCUT2D eigenvalue weighted by Gasteiger charge is 2.27. The van der Waals surface area contributed by atoms with Crippen LogP contribution in [-0.4, -0.2) is 9.55 Å². The van der Waals surface area contributed by atoms with Gasteiger partial charge in [0.15, 0.2) is 0 Å². The molecule has 0 N–H and O–H groups in total. The topological polar surface area (TPSA) is 17.8 Å². The standard InChI is InChI=1S/C14H16ClFN2/c1-9(10-3-2-4-10)18-13-6-5-11(16)7-12(13)17-14(18)8-15/h5-7,9-10H,2-4,8H2,1H3. The molecule has 96 valence electrons. The Labute approximate surface area is 111 Å². The number of rotatable bonds is 3. The van der Waals surface area contributed by atoms with Gasteiger partial charge in [0.05, 0.1) is 16.9 Å². The van der Waals surface area contributed by atoms with Gasteiger partial charge in [-0.25, -0.2) is 9.37 Å². The van der Waals surface area contributed by atoms with Crippen molar-refractivity contribution in [2.75, 3.05) is 0 Å². The maximum atomic E-state index is 13.2. The molecule has 0 spiro atoms. The number of hydrogen-bond donors (Lipinski definition) is 0. The predicted octanol–water partition coefficient (Wildman–Crippen LogP) is 4.28. The number of fused-ring (bicyclic) bond motifs is 1. The van der Waals surface area contributed by atoms with Crippen molar-refractivity contribution < 1.29 is 4.39 Å². The quantitative estimate of drug-likeness (QED) is 0.759. The molecule has 1 heterocycles. The number of alkyl halides is 1. The minimum atomic E-state index is -0.246. The van der Waals surface area contributed by atoms with E-state index in [9.17, 15) is 4.39 Å². The molecule has 2 aromatic rings. The molecule has 1 aromatic carbocycles. The van der Waals surface area contributed by atoms with Gasteiger partial charge in [-0.05, 0) is 37.8 Å². The molecule has 1 atom stereocenters. The Balaban J connectivity index is 2.12. The molecular weight excluding hydrogens is 251 g/mol. The van der Waals surface area contributed by atoms with Crippen LogP contribution in [0.15, 0.2) is 18.2 Å². The Kier molecular flexibility index (Phi) is 3.02. The van der Waals surface area contributed by atoms with E-state index < -0.39 is 0 Å². The summed E-state index contributed by atoms with van der Waals surface area (Å²) in [6.45, 7) is 2.21. The summed E-state index contributed by atoms with van der Waals surface area (Å²) in [5.74, 6) is 1.67. The molecule has 0 saturated heterocycles. The largest absolute Gasteiger partial charge is 0.324 e. The van der Waals surface area contributed by atoms with Gasteiger partial charge in [-0.3, -0.25) is 0 Å². The molecule has 1 aliphatic carbocycles. The molecule has 1 aromatic heterocycles. The molecule has 3 rings (SSSR count). The Bertz CT molecular complexity index is 574. The van der Waals surface area contributed by atoms with Crippen LogP contribution in [-0.2, 0) is 5.88 Å². The number of imidazole rings is 1. The van der Waals surface area contributed by atoms with Crippen LogP contribution >= 0.6 is 11.6 Å². The summed E-state index contributed by atoms with van der Waals surface area (Å²) in [7, 11) is 0. The number of nitrogens with zero attached hydrogens (tertiary/aromatic N) is 2. The van der Waals surface area contributed by atoms with E-state index >= 15 is 0 Å². The van der Waals surface area contributed by atoms with Crippen molar-refractivity contribution in [2.45, 2.75) is 38.1 Å². The van der Waals surface area contributed by atoms with Gasteiger partial charge in [-0.15, -0.1) is 11.6 Å². The molecule has 1 unspecified atom stereocenters. The van der Waals surface area contributed by atoms with Gasteiger partial charge in [0.2, 0.25) is 0 Å². The maximum Gasteiger partial charge on any atom is 0.125 e. The number of halogens is 2. The molecule has 1 saturated carbocycles. The summed E-state index contributed by atoms with van der Waals surface area (Å²) in [4.78, 5) is 4.44. The first-order chi connectivity index (χ1) is 8.70. The van der Waals surface area contributed by atoms with Crippen LogP contribution in [0.5, 0.6) is 0 Å². The van der Waals surface area contributed by atoms with Gasteiger partial charge in [0, 0.05) is 12.1 Å². The van der Waals surface area contributed by atoms with Gasteiger partial charge in [-0.1, -0.05) is 6.42 Å². The average Bonchev–Trinajstić information content (AvgIpc) is 2.63. The first-order valence-electron chi connectivity index (χ1n) is 6.43. The zero-order chi connectivity index (χ0) is 12.7. The van der Waals surface area contributed by atoms with Gasteiger partial charge in [0.25, 0.3) is 0 Å². The third kappa shape index (κ3) is 1.81. The van der Waals surface area contributed by atoms with E-state index in [0.717, 1.165) is 11.3 Å². The summed E-state index contributed by atoms with van der Waals surface area (Å²) in [6, 6.07) is 5.17. The van der Waals surface area contributed by atoms with Crippen molar-refractivity contribution in [3.05, 3.63) is 29.8 Å². The fourth-order valence-corrected chi connectivity index (χ4v) is 2.99. The van der Waals surface area contributed by atoms with Gasteiger partial charge in [-0.2, -0.15) is 0 Å². The molecule has 4 heteroatoms. The van der Waals surface area contributed by atoms with Crippen LogP contribution in [0.3, 0.4) is 0 Å². The molecule has 1 aliphatic rings. The van der Waals surface area contributed by atoms with Crippen LogP contribution in [0.25, 0.3) is 11.0 Å². The molecular formula is C14H16ClFN2. The predicted molar refractivity (Wildman–Crippen MR) is 71.3 cm³/mol. The zero-order valence-electron chi connectivity index (χ0n) is 10.4. The second-order valence-electron chi connectivity index (χ2n) is 5.10. The SMILES string of the molecule is CC(C1CCC1)n1c(CCl)nc2cc(F)ccc21. The molecule has 0 radical (unpaired) electrons. The van der Waals surface area contributed by atoms with Crippen molar-refractivity contribution in [1.82, 2.24) is 9.55 Å². The smallest absolute Gasteiger partial charge is 0.125 e. The summed E-state index contributed by atoms with van der Waals surface area (Å²) in [5, 5.41) is 0. The Morgan fingerprint density at radius 3 is 2.89 bits per heavy atom. The van der Waals surface area contributed by atoms with Crippen molar-refractivity contribution in [1.29, 1.82) is 0 Å². The van der Waals surface area contributed by atoms with Crippen molar-refractivity contribution >= 4 is 22.6 Å². The second-order valence-corrected chi connectivity index (χ2v) is 5.36. The van der Waals surface area contributed by atoms with Crippen LogP contribution in [0.4, 0.5) is 4.39 Å². The van der Waals surface area contributed by atoms with Crippen LogP contribution in [0.2, 0.25) is 0 Å². The summed E-state index contributed by atoms with van der Waals surface area (Å²) in [5.41, 5.74) is 1.70. The molecule has 18 heavy (non-hydrogen) atoms. The van der Waals surface area contributed by atoms with Gasteiger partial charge < -0.3 is 4.57 Å². The van der Waals surface area contributed by atoms with Crippen LogP contribution < -0.4 is 0 Å². The van der Waals surface area contributed by atoms with E-state index in [1.54, 1.807) is 0 Å². The van der Waals surface area contributed by atoms with Crippen molar-refractivity contribution in [3.63, 3.8) is 0 Å². The molecule has 2 nitrogen and oxygen atoms in total. The molecule has 0 aliphatic heterocycles. The summed E-state index contributed by atoms with van der Waals surface area (Å²) >= 11 is 5.98. The van der Waals surface area contributed by atoms with Crippen LogP contribution in [0.1, 0.15) is 38.1 Å². The Morgan fingerprint density at radius 2 is 2.28 bits per heavy atom. The number of aromatic nitrogens is 2. The maximum absolute atomic E-state index is 13.2. The van der Waals surface area contributed by atoms with E-state index in [0.29, 0.717) is 23.4 Å². The first-order valence-corrected chi connectivity index (χ1v) is 6.96. The van der Waals surface area contributed by atoms with Gasteiger partial charge in [0.1, 0.15) is 11.6 Å². The lowest BCUT2D eigenvalue weighted by Crippen LogP contribution is -2.23. The highest BCUT2D eigenvalue weighted by Crippen LogP contribution is 2.38. The Hall–Kier alpha value is -1.09. The third-order valence-corrected chi connectivity index (χ3v) is 4.32. The first kappa shape index (κ1) is 12.0. The normalized spacial score (nSPS) is 17.9. The lowest BCUT2D eigenvalue weighted by Gasteiger charge is -2.33. The monoisotopic (exact) mass is 266 g/mol. The summed E-state index contributed by atoms with van der Waals surface area (Å²) < 4.78 is 15.4. The molecule has 0 amide bonds. The minimum Gasteiger partial charge on any atom is -0.324 e. The van der Waals surface area contributed by atoms with E-state index in [4.69, 9.17) is 11.6 Å². The second kappa shape index (κ2) is 4.54. The van der Waals surface area contributed by atoms with Crippen molar-refractivity contribution in [2.24, 2.45) is 5.92 Å². The molecule has 1 fully saturated rings. The third-order valence-electron chi connectivity index (χ3n) is 4.08. The fourth-order valence-electron chi connectivity index (χ4n) is 2.80. The zero-order valence-corrected chi connectivity index (χ0v) is 11.1. The molecule has 0 bridgehead atoms. The number of hydrogen-bond acceptors (Lipinski definition) is 1. The van der Waals surface area contributed by atoms with E-state index in [2.05, 4.69) is 16.5 Å². The van der Waals surface area contributed by atoms with E-state index in [-0.39, 0.29) is 5.82 Å². The fraction of sp³-hybridized carbons (Fsp3) is 0.500. The highest BCUT2D eigenvalue weighted by atomic mass is 35.5. The lowest BCUT2D eigenvalue weighted by molar-refractivity contribution is 0.223. The average molecular weight is 267 g/mol. The summed E-state index contributed by atoms with van der Waals surface area (Å²) in [6.07, 6.45) is 3.85. The number of benzene rings is 1. The van der Waals surface area contributed by atoms with E-state index in [1.165, 1.54) is 31.4 Å². The minimum absolute atomic E-state index is 0.246. The van der Waals surface area contributed by atoms with Gasteiger partial charge >= 0.3 is 0 Å². The lowest BCUT2D eigenvalue weighted by atomic mass is 9.80.